The molecule has 0 aliphatic rings. The molecule has 0 spiro atoms. The fraction of sp³-hybridized carbons (Fsp3) is 0.256. The fourth-order valence-corrected chi connectivity index (χ4v) is 7.45. The van der Waals surface area contributed by atoms with E-state index in [1.807, 2.05) is 68.4 Å². The van der Waals surface area contributed by atoms with Crippen molar-refractivity contribution in [3.05, 3.63) is 135 Å². The van der Waals surface area contributed by atoms with Crippen LogP contribution < -0.4 is 14.2 Å². The van der Waals surface area contributed by atoms with Gasteiger partial charge in [-0.05, 0) is 135 Å². The van der Waals surface area contributed by atoms with E-state index in [9.17, 15) is 22.8 Å². The van der Waals surface area contributed by atoms with Gasteiger partial charge in [0.05, 0.1) is 35.4 Å². The Kier molecular flexibility index (Phi) is 18.0. The molecule has 5 aromatic rings. The van der Waals surface area contributed by atoms with Crippen LogP contribution in [0.15, 0.2) is 117 Å². The quantitative estimate of drug-likeness (QED) is 0.0964. The van der Waals surface area contributed by atoms with E-state index in [0.29, 0.717) is 40.5 Å². The second-order valence-electron chi connectivity index (χ2n) is 12.2. The van der Waals surface area contributed by atoms with Gasteiger partial charge in [0.25, 0.3) is 0 Å². The molecule has 0 unspecified atom stereocenters. The highest BCUT2D eigenvalue weighted by atomic mass is 35.5. The highest BCUT2D eigenvalue weighted by Gasteiger charge is 2.30. The first-order chi connectivity index (χ1) is 27.7. The Morgan fingerprint density at radius 1 is 0.638 bits per heavy atom. The zero-order valence-corrected chi connectivity index (χ0v) is 35.1. The molecule has 8 nitrogen and oxygen atoms in total. The van der Waals surface area contributed by atoms with Crippen LogP contribution >= 0.6 is 46.7 Å². The topological polar surface area (TPSA) is 101 Å². The first-order valence-corrected chi connectivity index (χ1v) is 20.2. The van der Waals surface area contributed by atoms with Gasteiger partial charge in [-0.3, -0.25) is 0 Å². The maximum absolute atomic E-state index is 12.7. The third kappa shape index (κ3) is 14.7. The molecule has 5 aromatic carbocycles. The largest absolute Gasteiger partial charge is 0.489 e. The lowest BCUT2D eigenvalue weighted by Gasteiger charge is -2.12. The highest BCUT2D eigenvalue weighted by molar-refractivity contribution is 7.99. The number of aliphatic hydroxyl groups is 1. The standard InChI is InChI=1S/C25H22ClF3O4S.C18H19ClO4S/c1-3-31-24(30)15-33-22-10-9-20(12-16(22)2)34-23-11-4-17(13-21(23)26)14-32-19-7-5-18(6-8-19)25(27,28)29;1-3-22-18(21)11-23-16-6-5-14(8-12(16)2)24-17-7-4-13(10-20)9-15(17)19/h4-13H,3,14-15H2,1-2H3;4-9,20H,3,10-11H2,1-2H3. The molecule has 308 valence electrons. The molecule has 0 saturated carbocycles. The average Bonchev–Trinajstić information content (AvgIpc) is 3.18. The predicted molar refractivity (Wildman–Crippen MR) is 219 cm³/mol. The monoisotopic (exact) mass is 876 g/mol. The zero-order valence-electron chi connectivity index (χ0n) is 32.0. The van der Waals surface area contributed by atoms with E-state index in [1.54, 1.807) is 32.0 Å². The van der Waals surface area contributed by atoms with Crippen molar-refractivity contribution >= 4 is 58.7 Å². The average molecular weight is 878 g/mol. The van der Waals surface area contributed by atoms with Gasteiger partial charge in [-0.15, -0.1) is 0 Å². The Hall–Kier alpha value is -4.53. The molecular formula is C43H41Cl2F3O8S2. The Labute approximate surface area is 353 Å². The van der Waals surface area contributed by atoms with Crippen molar-refractivity contribution < 1.29 is 51.6 Å². The van der Waals surface area contributed by atoms with Crippen LogP contribution in [0.4, 0.5) is 13.2 Å². The summed E-state index contributed by atoms with van der Waals surface area (Å²) in [7, 11) is 0. The number of carbonyl (C=O) groups is 2. The second kappa shape index (κ2) is 22.6. The molecule has 1 N–H and O–H groups in total. The zero-order chi connectivity index (χ0) is 42.2. The van der Waals surface area contributed by atoms with Gasteiger partial charge in [0.15, 0.2) is 13.2 Å². The Morgan fingerprint density at radius 3 is 1.52 bits per heavy atom. The number of aliphatic hydroxyl groups excluding tert-OH is 1. The summed E-state index contributed by atoms with van der Waals surface area (Å²) >= 11 is 15.7. The van der Waals surface area contributed by atoms with Crippen LogP contribution in [0, 0.1) is 13.8 Å². The van der Waals surface area contributed by atoms with E-state index in [4.69, 9.17) is 52.0 Å². The first-order valence-electron chi connectivity index (χ1n) is 17.8. The summed E-state index contributed by atoms with van der Waals surface area (Å²) in [5, 5.41) is 10.3. The minimum Gasteiger partial charge on any atom is -0.489 e. The Bertz CT molecular complexity index is 2150. The van der Waals surface area contributed by atoms with Crippen LogP contribution in [-0.4, -0.2) is 43.5 Å². The van der Waals surface area contributed by atoms with Gasteiger partial charge in [-0.25, -0.2) is 9.59 Å². The van der Waals surface area contributed by atoms with Crippen molar-refractivity contribution in [2.45, 2.75) is 66.7 Å². The van der Waals surface area contributed by atoms with Gasteiger partial charge in [0, 0.05) is 19.6 Å². The number of esters is 2. The molecule has 0 fully saturated rings. The molecular weight excluding hydrogens is 836 g/mol. The third-order valence-electron chi connectivity index (χ3n) is 7.81. The molecule has 58 heavy (non-hydrogen) atoms. The maximum atomic E-state index is 12.7. The van der Waals surface area contributed by atoms with Crippen molar-refractivity contribution in [3.8, 4) is 17.2 Å². The Balaban J connectivity index is 0.000000273. The van der Waals surface area contributed by atoms with Crippen molar-refractivity contribution in [2.24, 2.45) is 0 Å². The number of ether oxygens (including phenoxy) is 5. The van der Waals surface area contributed by atoms with E-state index in [0.717, 1.165) is 54.0 Å². The number of halogens is 5. The summed E-state index contributed by atoms with van der Waals surface area (Å²) in [6.07, 6.45) is -4.38. The van der Waals surface area contributed by atoms with Crippen LogP contribution in [0.1, 0.15) is 41.7 Å². The summed E-state index contributed by atoms with van der Waals surface area (Å²) in [5.74, 6) is 0.775. The molecule has 0 aliphatic carbocycles. The van der Waals surface area contributed by atoms with Gasteiger partial charge in [0.1, 0.15) is 23.9 Å². The van der Waals surface area contributed by atoms with Crippen LogP contribution in [0.3, 0.4) is 0 Å². The number of rotatable bonds is 16. The van der Waals surface area contributed by atoms with Crippen molar-refractivity contribution in [1.82, 2.24) is 0 Å². The summed E-state index contributed by atoms with van der Waals surface area (Å²) in [6, 6.07) is 26.8. The summed E-state index contributed by atoms with van der Waals surface area (Å²) in [4.78, 5) is 26.5. The van der Waals surface area contributed by atoms with Gasteiger partial charge < -0.3 is 28.8 Å². The maximum Gasteiger partial charge on any atom is 0.416 e. The summed E-state index contributed by atoms with van der Waals surface area (Å²) in [6.45, 7) is 7.82. The van der Waals surface area contributed by atoms with Crippen LogP contribution in [0.2, 0.25) is 10.0 Å². The van der Waals surface area contributed by atoms with Gasteiger partial charge >= 0.3 is 18.1 Å². The van der Waals surface area contributed by atoms with Gasteiger partial charge in [-0.2, -0.15) is 13.2 Å². The summed E-state index contributed by atoms with van der Waals surface area (Å²) < 4.78 is 64.2. The number of aryl methyl sites for hydroxylation is 2. The first kappa shape index (κ1) is 46.2. The van der Waals surface area contributed by atoms with Crippen LogP contribution in [-0.2, 0) is 38.5 Å². The number of hydrogen-bond acceptors (Lipinski definition) is 10. The van der Waals surface area contributed by atoms with Gasteiger partial charge in [0.2, 0.25) is 0 Å². The van der Waals surface area contributed by atoms with Crippen LogP contribution in [0.5, 0.6) is 17.2 Å². The third-order valence-corrected chi connectivity index (χ3v) is 10.8. The summed E-state index contributed by atoms with van der Waals surface area (Å²) in [5.41, 5.74) is 2.63. The fourth-order valence-electron chi connectivity index (χ4n) is 4.98. The lowest BCUT2D eigenvalue weighted by atomic mass is 10.2. The predicted octanol–water partition coefficient (Wildman–Crippen LogP) is 11.6. The molecule has 0 heterocycles. The second-order valence-corrected chi connectivity index (χ2v) is 15.3. The lowest BCUT2D eigenvalue weighted by molar-refractivity contribution is -0.146. The van der Waals surface area contributed by atoms with E-state index in [2.05, 4.69) is 0 Å². The molecule has 0 saturated heterocycles. The van der Waals surface area contributed by atoms with Gasteiger partial charge in [-0.1, -0.05) is 58.9 Å². The molecule has 0 atom stereocenters. The Morgan fingerprint density at radius 2 is 1.10 bits per heavy atom. The van der Waals surface area contributed by atoms with Crippen molar-refractivity contribution in [2.75, 3.05) is 26.4 Å². The van der Waals surface area contributed by atoms with Crippen LogP contribution in [0.25, 0.3) is 0 Å². The number of benzene rings is 5. The molecule has 0 radical (unpaired) electrons. The smallest absolute Gasteiger partial charge is 0.416 e. The lowest BCUT2D eigenvalue weighted by Crippen LogP contribution is -2.14. The number of alkyl halides is 3. The molecule has 0 aromatic heterocycles. The minimum absolute atomic E-state index is 0.0315. The van der Waals surface area contributed by atoms with E-state index in [1.165, 1.54) is 35.7 Å². The highest BCUT2D eigenvalue weighted by Crippen LogP contribution is 2.37. The molecule has 15 heteroatoms. The minimum atomic E-state index is -4.38. The van der Waals surface area contributed by atoms with E-state index < -0.39 is 17.7 Å². The van der Waals surface area contributed by atoms with Crippen molar-refractivity contribution in [1.29, 1.82) is 0 Å². The normalized spacial score (nSPS) is 10.9. The SMILES string of the molecule is CCOC(=O)COc1ccc(Sc2ccc(CO)cc2Cl)cc1C.CCOC(=O)COc1ccc(Sc2ccc(COc3ccc(C(F)(F)F)cc3)cc2Cl)cc1C. The molecule has 5 rings (SSSR count). The van der Waals surface area contributed by atoms with E-state index in [-0.39, 0.29) is 32.4 Å². The van der Waals surface area contributed by atoms with E-state index >= 15 is 0 Å². The molecule has 0 amide bonds. The van der Waals surface area contributed by atoms with Crippen molar-refractivity contribution in [3.63, 3.8) is 0 Å². The molecule has 0 bridgehead atoms. The number of hydrogen-bond donors (Lipinski definition) is 1. The number of carbonyl (C=O) groups excluding carboxylic acids is 2. The molecule has 0 aliphatic heterocycles.